The summed E-state index contributed by atoms with van der Waals surface area (Å²) in [5, 5.41) is 6.17. The van der Waals surface area contributed by atoms with Crippen LogP contribution in [0.3, 0.4) is 0 Å². The summed E-state index contributed by atoms with van der Waals surface area (Å²) in [7, 11) is 1.91. The molecule has 1 amide bonds. The van der Waals surface area contributed by atoms with Crippen molar-refractivity contribution in [1.82, 2.24) is 15.5 Å². The number of hydrogen-bond donors (Lipinski definition) is 2. The molecule has 1 heterocycles. The Bertz CT molecular complexity index is 436. The summed E-state index contributed by atoms with van der Waals surface area (Å²) in [6, 6.07) is 10.1. The number of hydrogen-bond acceptors (Lipinski definition) is 4. The van der Waals surface area contributed by atoms with Crippen LogP contribution in [-0.4, -0.2) is 56.7 Å². The average Bonchev–Trinajstić information content (AvgIpc) is 2.48. The molecule has 1 aliphatic heterocycles. The van der Waals surface area contributed by atoms with E-state index < -0.39 is 0 Å². The second-order valence-corrected chi connectivity index (χ2v) is 5.49. The van der Waals surface area contributed by atoms with Crippen LogP contribution in [0.25, 0.3) is 0 Å². The summed E-state index contributed by atoms with van der Waals surface area (Å²) < 4.78 is 5.64. The fourth-order valence-corrected chi connectivity index (χ4v) is 2.59. The molecule has 1 aliphatic rings. The van der Waals surface area contributed by atoms with Crippen LogP contribution in [0, 0.1) is 0 Å². The Hall–Kier alpha value is -1.43. The Morgan fingerprint density at radius 2 is 2.19 bits per heavy atom. The van der Waals surface area contributed by atoms with Crippen molar-refractivity contribution in [3.05, 3.63) is 35.9 Å². The summed E-state index contributed by atoms with van der Waals surface area (Å²) in [6.07, 6.45) is 0.170. The zero-order valence-electron chi connectivity index (χ0n) is 12.8. The van der Waals surface area contributed by atoms with Crippen molar-refractivity contribution in [2.75, 3.05) is 39.8 Å². The minimum atomic E-state index is 0.0350. The van der Waals surface area contributed by atoms with Gasteiger partial charge in [-0.15, -0.1) is 0 Å². The van der Waals surface area contributed by atoms with Gasteiger partial charge in [-0.2, -0.15) is 0 Å². The van der Waals surface area contributed by atoms with E-state index in [1.54, 1.807) is 0 Å². The summed E-state index contributed by atoms with van der Waals surface area (Å²) >= 11 is 0. The highest BCUT2D eigenvalue weighted by Crippen LogP contribution is 2.11. The molecule has 0 saturated carbocycles. The molecule has 2 N–H and O–H groups in total. The first kappa shape index (κ1) is 15.9. The van der Waals surface area contributed by atoms with Gasteiger partial charge in [0, 0.05) is 19.6 Å². The van der Waals surface area contributed by atoms with Crippen molar-refractivity contribution >= 4 is 5.91 Å². The molecule has 2 atom stereocenters. The Morgan fingerprint density at radius 3 is 2.90 bits per heavy atom. The molecule has 5 heteroatoms. The van der Waals surface area contributed by atoms with Crippen LogP contribution in [-0.2, 0) is 9.53 Å². The average molecular weight is 291 g/mol. The van der Waals surface area contributed by atoms with Crippen LogP contribution in [0.1, 0.15) is 18.5 Å². The lowest BCUT2D eigenvalue weighted by atomic mass is 10.1. The lowest BCUT2D eigenvalue weighted by Crippen LogP contribution is -2.49. The molecule has 0 radical (unpaired) electrons. The molecule has 1 saturated heterocycles. The fraction of sp³-hybridized carbons (Fsp3) is 0.562. The number of morpholine rings is 1. The summed E-state index contributed by atoms with van der Waals surface area (Å²) in [5.41, 5.74) is 1.13. The van der Waals surface area contributed by atoms with Crippen LogP contribution >= 0.6 is 0 Å². The number of carbonyl (C=O) groups is 1. The lowest BCUT2D eigenvalue weighted by molar-refractivity contribution is -0.124. The molecule has 1 aromatic rings. The molecular weight excluding hydrogens is 266 g/mol. The molecule has 21 heavy (non-hydrogen) atoms. The summed E-state index contributed by atoms with van der Waals surface area (Å²) in [6.45, 7) is 5.56. The van der Waals surface area contributed by atoms with Crippen LogP contribution in [0.5, 0.6) is 0 Å². The van der Waals surface area contributed by atoms with E-state index in [0.29, 0.717) is 13.2 Å². The highest BCUT2D eigenvalue weighted by molar-refractivity contribution is 5.78. The van der Waals surface area contributed by atoms with E-state index >= 15 is 0 Å². The Kier molecular flexibility index (Phi) is 6.17. The maximum Gasteiger partial charge on any atom is 0.234 e. The van der Waals surface area contributed by atoms with Crippen molar-refractivity contribution in [2.24, 2.45) is 0 Å². The van der Waals surface area contributed by atoms with Crippen LogP contribution < -0.4 is 10.6 Å². The number of nitrogens with one attached hydrogen (secondary N) is 2. The highest BCUT2D eigenvalue weighted by atomic mass is 16.5. The quantitative estimate of drug-likeness (QED) is 0.813. The minimum absolute atomic E-state index is 0.0350. The first-order valence-electron chi connectivity index (χ1n) is 7.52. The number of ether oxygens (including phenoxy) is 1. The standard InChI is InChI=1S/C16H25N3O2/c1-13(14-6-4-3-5-7-14)18-16(20)12-19-8-9-21-15(11-19)10-17-2/h3-7,13,15,17H,8-12H2,1-2H3,(H,18,20). The van der Waals surface area contributed by atoms with Gasteiger partial charge in [-0.25, -0.2) is 0 Å². The zero-order chi connectivity index (χ0) is 15.1. The third-order valence-corrected chi connectivity index (χ3v) is 3.70. The third kappa shape index (κ3) is 5.12. The van der Waals surface area contributed by atoms with Crippen LogP contribution in [0.2, 0.25) is 0 Å². The maximum absolute atomic E-state index is 12.2. The second kappa shape index (κ2) is 8.12. The van der Waals surface area contributed by atoms with Gasteiger partial charge < -0.3 is 15.4 Å². The van der Waals surface area contributed by atoms with Gasteiger partial charge >= 0.3 is 0 Å². The lowest BCUT2D eigenvalue weighted by Gasteiger charge is -2.32. The molecule has 0 aromatic heterocycles. The van der Waals surface area contributed by atoms with E-state index in [9.17, 15) is 4.79 Å². The van der Waals surface area contributed by atoms with Gasteiger partial charge in [-0.3, -0.25) is 9.69 Å². The van der Waals surface area contributed by atoms with Gasteiger partial charge in [0.05, 0.1) is 25.3 Å². The first-order valence-corrected chi connectivity index (χ1v) is 7.52. The highest BCUT2D eigenvalue weighted by Gasteiger charge is 2.22. The molecule has 116 valence electrons. The van der Waals surface area contributed by atoms with Crippen LogP contribution in [0.4, 0.5) is 0 Å². The normalized spacial score (nSPS) is 21.0. The SMILES string of the molecule is CNCC1CN(CC(=O)NC(C)c2ccccc2)CCO1. The van der Waals surface area contributed by atoms with Crippen molar-refractivity contribution < 1.29 is 9.53 Å². The van der Waals surface area contributed by atoms with Gasteiger partial charge in [0.25, 0.3) is 0 Å². The molecule has 0 bridgehead atoms. The predicted molar refractivity (Wildman–Crippen MR) is 83.1 cm³/mol. The van der Waals surface area contributed by atoms with Gasteiger partial charge in [-0.1, -0.05) is 30.3 Å². The van der Waals surface area contributed by atoms with Crippen molar-refractivity contribution in [1.29, 1.82) is 0 Å². The zero-order valence-corrected chi connectivity index (χ0v) is 12.8. The van der Waals surface area contributed by atoms with Crippen LogP contribution in [0.15, 0.2) is 30.3 Å². The molecule has 2 rings (SSSR count). The van der Waals surface area contributed by atoms with Crippen molar-refractivity contribution in [2.45, 2.75) is 19.1 Å². The van der Waals surface area contributed by atoms with Crippen molar-refractivity contribution in [3.8, 4) is 0 Å². The van der Waals surface area contributed by atoms with Gasteiger partial charge in [-0.05, 0) is 19.5 Å². The minimum Gasteiger partial charge on any atom is -0.374 e. The number of amides is 1. The van der Waals surface area contributed by atoms with Crippen molar-refractivity contribution in [3.63, 3.8) is 0 Å². The van der Waals surface area contributed by atoms with E-state index in [1.807, 2.05) is 44.3 Å². The third-order valence-electron chi connectivity index (χ3n) is 3.70. The number of carbonyl (C=O) groups excluding carboxylic acids is 1. The fourth-order valence-electron chi connectivity index (χ4n) is 2.59. The monoisotopic (exact) mass is 291 g/mol. The van der Waals surface area contributed by atoms with E-state index in [4.69, 9.17) is 4.74 Å². The van der Waals surface area contributed by atoms with E-state index in [1.165, 1.54) is 0 Å². The topological polar surface area (TPSA) is 53.6 Å². The summed E-state index contributed by atoms with van der Waals surface area (Å²) in [5.74, 6) is 0.0662. The summed E-state index contributed by atoms with van der Waals surface area (Å²) in [4.78, 5) is 14.3. The second-order valence-electron chi connectivity index (χ2n) is 5.49. The molecule has 0 aliphatic carbocycles. The predicted octanol–water partition coefficient (Wildman–Crippen LogP) is 0.784. The van der Waals surface area contributed by atoms with Gasteiger partial charge in [0.1, 0.15) is 0 Å². The largest absolute Gasteiger partial charge is 0.374 e. The smallest absolute Gasteiger partial charge is 0.234 e. The molecule has 1 aromatic carbocycles. The Balaban J connectivity index is 1.79. The first-order chi connectivity index (χ1) is 10.2. The molecule has 1 fully saturated rings. The molecule has 5 nitrogen and oxygen atoms in total. The van der Waals surface area contributed by atoms with Gasteiger partial charge in [0.2, 0.25) is 5.91 Å². The maximum atomic E-state index is 12.2. The molecular formula is C16H25N3O2. The van der Waals surface area contributed by atoms with E-state index in [0.717, 1.165) is 25.2 Å². The number of nitrogens with zero attached hydrogens (tertiary/aromatic N) is 1. The number of likely N-dealkylation sites (N-methyl/N-ethyl adjacent to an activating group) is 1. The molecule has 0 spiro atoms. The molecule has 2 unspecified atom stereocenters. The van der Waals surface area contributed by atoms with E-state index in [-0.39, 0.29) is 18.1 Å². The van der Waals surface area contributed by atoms with Gasteiger partial charge in [0.15, 0.2) is 0 Å². The number of rotatable bonds is 6. The number of benzene rings is 1. The Labute approximate surface area is 126 Å². The Morgan fingerprint density at radius 1 is 1.43 bits per heavy atom. The van der Waals surface area contributed by atoms with E-state index in [2.05, 4.69) is 15.5 Å².